The standard InChI is InChI=1S/C12H9N3O4/c16-10-5-7(3-4-13-10)11(17)15-8-1-2-9(12(18)19)14-6-8/h1-6H,(H,13,16)(H,15,17)(H,18,19). The van der Waals surface area contributed by atoms with Crippen molar-refractivity contribution in [1.29, 1.82) is 0 Å². The lowest BCUT2D eigenvalue weighted by atomic mass is 10.2. The van der Waals surface area contributed by atoms with Gasteiger partial charge in [0, 0.05) is 17.8 Å². The lowest BCUT2D eigenvalue weighted by Gasteiger charge is -2.04. The summed E-state index contributed by atoms with van der Waals surface area (Å²) in [6.45, 7) is 0. The van der Waals surface area contributed by atoms with Gasteiger partial charge in [0.15, 0.2) is 0 Å². The van der Waals surface area contributed by atoms with E-state index in [1.54, 1.807) is 0 Å². The van der Waals surface area contributed by atoms with E-state index in [0.29, 0.717) is 5.69 Å². The molecule has 7 heteroatoms. The van der Waals surface area contributed by atoms with Gasteiger partial charge in [-0.2, -0.15) is 0 Å². The first-order chi connectivity index (χ1) is 9.06. The SMILES string of the molecule is O=C(Nc1ccc(C(=O)O)nc1)c1cc[nH]c(=O)c1. The Bertz CT molecular complexity index is 676. The molecule has 0 aliphatic rings. The fraction of sp³-hybridized carbons (Fsp3) is 0. The summed E-state index contributed by atoms with van der Waals surface area (Å²) in [5, 5.41) is 11.2. The van der Waals surface area contributed by atoms with Crippen LogP contribution in [0.5, 0.6) is 0 Å². The molecule has 0 bridgehead atoms. The topological polar surface area (TPSA) is 112 Å². The highest BCUT2D eigenvalue weighted by Crippen LogP contribution is 2.08. The number of pyridine rings is 2. The number of anilines is 1. The molecule has 0 atom stereocenters. The van der Waals surface area contributed by atoms with Gasteiger partial charge in [-0.25, -0.2) is 9.78 Å². The van der Waals surface area contributed by atoms with Crippen molar-refractivity contribution in [3.63, 3.8) is 0 Å². The van der Waals surface area contributed by atoms with Gasteiger partial charge in [-0.05, 0) is 18.2 Å². The van der Waals surface area contributed by atoms with Crippen LogP contribution >= 0.6 is 0 Å². The van der Waals surface area contributed by atoms with E-state index in [0.717, 1.165) is 6.07 Å². The zero-order valence-electron chi connectivity index (χ0n) is 9.58. The summed E-state index contributed by atoms with van der Waals surface area (Å²) >= 11 is 0. The van der Waals surface area contributed by atoms with Crippen LogP contribution in [0.4, 0.5) is 5.69 Å². The Morgan fingerprint density at radius 2 is 2.05 bits per heavy atom. The van der Waals surface area contributed by atoms with Crippen molar-refractivity contribution in [1.82, 2.24) is 9.97 Å². The molecule has 2 aromatic rings. The summed E-state index contributed by atoms with van der Waals surface area (Å²) in [6, 6.07) is 5.31. The highest BCUT2D eigenvalue weighted by Gasteiger charge is 2.08. The summed E-state index contributed by atoms with van der Waals surface area (Å²) in [7, 11) is 0. The average molecular weight is 259 g/mol. The maximum atomic E-state index is 11.8. The zero-order chi connectivity index (χ0) is 13.8. The molecule has 2 aromatic heterocycles. The monoisotopic (exact) mass is 259 g/mol. The number of carboxylic acids is 1. The number of carbonyl (C=O) groups excluding carboxylic acids is 1. The number of H-pyrrole nitrogens is 1. The maximum absolute atomic E-state index is 11.8. The van der Waals surface area contributed by atoms with Crippen molar-refractivity contribution in [3.8, 4) is 0 Å². The molecule has 0 aliphatic heterocycles. The third-order valence-corrected chi connectivity index (χ3v) is 2.28. The molecule has 0 saturated heterocycles. The average Bonchev–Trinajstić information content (AvgIpc) is 2.39. The number of nitrogens with zero attached hydrogens (tertiary/aromatic N) is 1. The van der Waals surface area contributed by atoms with E-state index in [2.05, 4.69) is 15.3 Å². The number of aromatic amines is 1. The Morgan fingerprint density at radius 1 is 1.26 bits per heavy atom. The molecule has 3 N–H and O–H groups in total. The van der Waals surface area contributed by atoms with E-state index in [4.69, 9.17) is 5.11 Å². The normalized spacial score (nSPS) is 9.89. The summed E-state index contributed by atoms with van der Waals surface area (Å²) in [4.78, 5) is 39.5. The second-order valence-corrected chi connectivity index (χ2v) is 3.63. The molecule has 0 spiro atoms. The molecule has 2 rings (SSSR count). The quantitative estimate of drug-likeness (QED) is 0.751. The summed E-state index contributed by atoms with van der Waals surface area (Å²) in [5.41, 5.74) is 0.0440. The fourth-order valence-electron chi connectivity index (χ4n) is 1.38. The van der Waals surface area contributed by atoms with Gasteiger partial charge in [0.1, 0.15) is 5.69 Å². The number of aromatic nitrogens is 2. The molecule has 0 aromatic carbocycles. The molecular formula is C12H9N3O4. The molecule has 0 unspecified atom stereocenters. The van der Waals surface area contributed by atoms with Crippen molar-refractivity contribution < 1.29 is 14.7 Å². The molecule has 19 heavy (non-hydrogen) atoms. The first-order valence-corrected chi connectivity index (χ1v) is 5.26. The summed E-state index contributed by atoms with van der Waals surface area (Å²) in [5.74, 6) is -1.62. The highest BCUT2D eigenvalue weighted by atomic mass is 16.4. The van der Waals surface area contributed by atoms with E-state index < -0.39 is 11.9 Å². The van der Waals surface area contributed by atoms with Gasteiger partial charge < -0.3 is 15.4 Å². The van der Waals surface area contributed by atoms with Gasteiger partial charge >= 0.3 is 5.97 Å². The lowest BCUT2D eigenvalue weighted by Crippen LogP contribution is -2.15. The number of nitrogens with one attached hydrogen (secondary N) is 2. The van der Waals surface area contributed by atoms with Crippen molar-refractivity contribution in [2.75, 3.05) is 5.32 Å². The zero-order valence-corrected chi connectivity index (χ0v) is 9.58. The van der Waals surface area contributed by atoms with Crippen molar-refractivity contribution in [2.24, 2.45) is 0 Å². The largest absolute Gasteiger partial charge is 0.477 e. The Hall–Kier alpha value is -2.96. The minimum atomic E-state index is -1.15. The van der Waals surface area contributed by atoms with Crippen LogP contribution in [-0.2, 0) is 0 Å². The Kier molecular flexibility index (Phi) is 3.37. The number of aromatic carboxylic acids is 1. The molecular weight excluding hydrogens is 250 g/mol. The van der Waals surface area contributed by atoms with Gasteiger partial charge in [0.2, 0.25) is 5.56 Å². The Morgan fingerprint density at radius 3 is 2.63 bits per heavy atom. The number of carbonyl (C=O) groups is 2. The molecule has 0 radical (unpaired) electrons. The first-order valence-electron chi connectivity index (χ1n) is 5.26. The number of amides is 1. The van der Waals surface area contributed by atoms with E-state index in [1.807, 2.05) is 0 Å². The van der Waals surface area contributed by atoms with Gasteiger partial charge in [-0.1, -0.05) is 0 Å². The maximum Gasteiger partial charge on any atom is 0.354 e. The molecule has 1 amide bonds. The van der Waals surface area contributed by atoms with Gasteiger partial charge in [0.05, 0.1) is 11.9 Å². The summed E-state index contributed by atoms with van der Waals surface area (Å²) < 4.78 is 0. The Balaban J connectivity index is 2.15. The van der Waals surface area contributed by atoms with Crippen LogP contribution in [0.25, 0.3) is 0 Å². The first kappa shape index (κ1) is 12.5. The molecule has 2 heterocycles. The van der Waals surface area contributed by atoms with Crippen molar-refractivity contribution in [2.45, 2.75) is 0 Å². The smallest absolute Gasteiger partial charge is 0.354 e. The van der Waals surface area contributed by atoms with Crippen LogP contribution in [0, 0.1) is 0 Å². The second kappa shape index (κ2) is 5.13. The number of hydrogen-bond donors (Lipinski definition) is 3. The van der Waals surface area contributed by atoms with E-state index in [-0.39, 0.29) is 16.8 Å². The van der Waals surface area contributed by atoms with Crippen LogP contribution < -0.4 is 10.9 Å². The second-order valence-electron chi connectivity index (χ2n) is 3.63. The van der Waals surface area contributed by atoms with Crippen molar-refractivity contribution >= 4 is 17.6 Å². The summed E-state index contributed by atoms with van der Waals surface area (Å²) in [6.07, 6.45) is 2.59. The molecule has 0 saturated carbocycles. The molecule has 7 nitrogen and oxygen atoms in total. The van der Waals surface area contributed by atoms with Crippen LogP contribution in [0.3, 0.4) is 0 Å². The van der Waals surface area contributed by atoms with E-state index in [9.17, 15) is 14.4 Å². The third-order valence-electron chi connectivity index (χ3n) is 2.28. The van der Waals surface area contributed by atoms with Crippen LogP contribution in [-0.4, -0.2) is 27.0 Å². The minimum Gasteiger partial charge on any atom is -0.477 e. The molecule has 0 aliphatic carbocycles. The number of hydrogen-bond acceptors (Lipinski definition) is 4. The van der Waals surface area contributed by atoms with E-state index >= 15 is 0 Å². The number of rotatable bonds is 3. The van der Waals surface area contributed by atoms with Crippen molar-refractivity contribution in [3.05, 3.63) is 58.3 Å². The fourth-order valence-corrected chi connectivity index (χ4v) is 1.38. The van der Waals surface area contributed by atoms with Gasteiger partial charge in [-0.3, -0.25) is 9.59 Å². The Labute approximate surface area is 106 Å². The van der Waals surface area contributed by atoms with E-state index in [1.165, 1.54) is 30.6 Å². The highest BCUT2D eigenvalue weighted by molar-refractivity contribution is 6.04. The third kappa shape index (κ3) is 3.03. The predicted octanol–water partition coefficient (Wildman–Crippen LogP) is 0.720. The molecule has 0 fully saturated rings. The van der Waals surface area contributed by atoms with Crippen LogP contribution in [0.2, 0.25) is 0 Å². The number of carboxylic acid groups (broad SMARTS) is 1. The van der Waals surface area contributed by atoms with Crippen LogP contribution in [0.15, 0.2) is 41.5 Å². The minimum absolute atomic E-state index is 0.117. The van der Waals surface area contributed by atoms with Gasteiger partial charge in [0.25, 0.3) is 5.91 Å². The predicted molar refractivity (Wildman–Crippen MR) is 66.2 cm³/mol. The lowest BCUT2D eigenvalue weighted by molar-refractivity contribution is 0.0690. The van der Waals surface area contributed by atoms with Gasteiger partial charge in [-0.15, -0.1) is 0 Å². The molecule has 96 valence electrons. The van der Waals surface area contributed by atoms with Crippen LogP contribution in [0.1, 0.15) is 20.8 Å².